The number of hydrogen-bond acceptors (Lipinski definition) is 6. The van der Waals surface area contributed by atoms with Crippen molar-refractivity contribution in [2.75, 3.05) is 0 Å². The van der Waals surface area contributed by atoms with Crippen molar-refractivity contribution in [3.8, 4) is 10.4 Å². The maximum Gasteiger partial charge on any atom is 0.358 e. The minimum absolute atomic E-state index is 0.00250. The minimum Gasteiger partial charge on any atom is -0.451 e. The highest BCUT2D eigenvalue weighted by molar-refractivity contribution is 7.15. The standard InChI is InChI=1S/C16H14N2O3S/c1-10-8-17-13(21-10)9-20-16(19)14-15(22-11(2)18-14)12-6-4-3-5-7-12/h3-8H,9H2,1-2H3. The van der Waals surface area contributed by atoms with E-state index in [0.717, 1.165) is 15.4 Å². The fourth-order valence-electron chi connectivity index (χ4n) is 2.01. The molecule has 1 aromatic carbocycles. The van der Waals surface area contributed by atoms with Crippen LogP contribution in [0.15, 0.2) is 40.9 Å². The number of ether oxygens (including phenoxy) is 1. The largest absolute Gasteiger partial charge is 0.451 e. The van der Waals surface area contributed by atoms with Gasteiger partial charge < -0.3 is 9.15 Å². The number of carbonyl (C=O) groups excluding carboxylic acids is 1. The smallest absolute Gasteiger partial charge is 0.358 e. The summed E-state index contributed by atoms with van der Waals surface area (Å²) < 4.78 is 10.5. The van der Waals surface area contributed by atoms with Crippen LogP contribution in [0.4, 0.5) is 0 Å². The van der Waals surface area contributed by atoms with E-state index in [-0.39, 0.29) is 6.61 Å². The number of aryl methyl sites for hydroxylation is 2. The number of carbonyl (C=O) groups is 1. The van der Waals surface area contributed by atoms with Crippen molar-refractivity contribution in [2.24, 2.45) is 0 Å². The van der Waals surface area contributed by atoms with Crippen LogP contribution in [0, 0.1) is 13.8 Å². The third-order valence-electron chi connectivity index (χ3n) is 2.96. The van der Waals surface area contributed by atoms with E-state index < -0.39 is 5.97 Å². The molecule has 2 heterocycles. The Bertz CT molecular complexity index is 793. The van der Waals surface area contributed by atoms with Gasteiger partial charge >= 0.3 is 5.97 Å². The molecule has 3 aromatic rings. The Morgan fingerprint density at radius 1 is 1.27 bits per heavy atom. The molecule has 0 aliphatic heterocycles. The van der Waals surface area contributed by atoms with E-state index in [4.69, 9.17) is 9.15 Å². The molecule has 2 aromatic heterocycles. The Morgan fingerprint density at radius 3 is 2.73 bits per heavy atom. The molecule has 5 nitrogen and oxygen atoms in total. The molecule has 0 N–H and O–H groups in total. The molecule has 3 rings (SSSR count). The monoisotopic (exact) mass is 314 g/mol. The van der Waals surface area contributed by atoms with Gasteiger partial charge in [-0.15, -0.1) is 11.3 Å². The Balaban J connectivity index is 1.81. The number of benzene rings is 1. The number of rotatable bonds is 4. The highest BCUT2D eigenvalue weighted by atomic mass is 32.1. The third-order valence-corrected chi connectivity index (χ3v) is 3.98. The van der Waals surface area contributed by atoms with Gasteiger partial charge in [0.15, 0.2) is 12.3 Å². The molecule has 0 radical (unpaired) electrons. The van der Waals surface area contributed by atoms with Crippen LogP contribution in [0.5, 0.6) is 0 Å². The van der Waals surface area contributed by atoms with Gasteiger partial charge in [-0.05, 0) is 19.4 Å². The van der Waals surface area contributed by atoms with Crippen molar-refractivity contribution in [1.82, 2.24) is 9.97 Å². The highest BCUT2D eigenvalue weighted by Gasteiger charge is 2.20. The predicted octanol–water partition coefficient (Wildman–Crippen LogP) is 3.77. The van der Waals surface area contributed by atoms with Crippen molar-refractivity contribution in [3.63, 3.8) is 0 Å². The summed E-state index contributed by atoms with van der Waals surface area (Å²) in [6, 6.07) is 9.67. The Morgan fingerprint density at radius 2 is 2.05 bits per heavy atom. The first-order chi connectivity index (χ1) is 10.6. The second-order valence-corrected chi connectivity index (χ2v) is 5.92. The third kappa shape index (κ3) is 3.07. The van der Waals surface area contributed by atoms with Gasteiger partial charge in [-0.1, -0.05) is 30.3 Å². The average Bonchev–Trinajstić information content (AvgIpc) is 3.11. The molecule has 0 bridgehead atoms. The van der Waals surface area contributed by atoms with Gasteiger partial charge in [-0.3, -0.25) is 0 Å². The van der Waals surface area contributed by atoms with E-state index in [1.54, 1.807) is 13.1 Å². The lowest BCUT2D eigenvalue weighted by molar-refractivity contribution is 0.0431. The summed E-state index contributed by atoms with van der Waals surface area (Å²) in [5.41, 5.74) is 1.28. The lowest BCUT2D eigenvalue weighted by atomic mass is 10.1. The van der Waals surface area contributed by atoms with Crippen molar-refractivity contribution in [3.05, 3.63) is 58.9 Å². The summed E-state index contributed by atoms with van der Waals surface area (Å²) >= 11 is 1.47. The molecule has 112 valence electrons. The summed E-state index contributed by atoms with van der Waals surface area (Å²) in [4.78, 5) is 21.4. The summed E-state index contributed by atoms with van der Waals surface area (Å²) in [6.45, 7) is 3.65. The van der Waals surface area contributed by atoms with E-state index >= 15 is 0 Å². The first kappa shape index (κ1) is 14.5. The molecule has 0 saturated carbocycles. The van der Waals surface area contributed by atoms with Crippen molar-refractivity contribution < 1.29 is 13.9 Å². The summed E-state index contributed by atoms with van der Waals surface area (Å²) in [5.74, 6) is 0.582. The number of thiazole rings is 1. The zero-order chi connectivity index (χ0) is 15.5. The second kappa shape index (κ2) is 6.11. The van der Waals surface area contributed by atoms with Crippen LogP contribution in [-0.2, 0) is 11.3 Å². The van der Waals surface area contributed by atoms with E-state index in [0.29, 0.717) is 17.3 Å². The van der Waals surface area contributed by atoms with E-state index in [1.165, 1.54) is 11.3 Å². The molecule has 6 heteroatoms. The molecule has 22 heavy (non-hydrogen) atoms. The van der Waals surface area contributed by atoms with Gasteiger partial charge in [0.2, 0.25) is 5.89 Å². The zero-order valence-corrected chi connectivity index (χ0v) is 13.0. The zero-order valence-electron chi connectivity index (χ0n) is 12.2. The van der Waals surface area contributed by atoms with Gasteiger partial charge in [-0.2, -0.15) is 0 Å². The van der Waals surface area contributed by atoms with Gasteiger partial charge in [0, 0.05) is 0 Å². The maximum absolute atomic E-state index is 12.3. The van der Waals surface area contributed by atoms with E-state index in [2.05, 4.69) is 9.97 Å². The Hall–Kier alpha value is -2.47. The topological polar surface area (TPSA) is 65.2 Å². The van der Waals surface area contributed by atoms with Crippen molar-refractivity contribution in [1.29, 1.82) is 0 Å². The lowest BCUT2D eigenvalue weighted by Crippen LogP contribution is -2.07. The maximum atomic E-state index is 12.3. The minimum atomic E-state index is -0.473. The SMILES string of the molecule is Cc1cnc(COC(=O)c2nc(C)sc2-c2ccccc2)o1. The van der Waals surface area contributed by atoms with Crippen molar-refractivity contribution >= 4 is 17.3 Å². The number of esters is 1. The summed E-state index contributed by atoms with van der Waals surface area (Å²) in [5, 5.41) is 0.817. The second-order valence-electron chi connectivity index (χ2n) is 4.72. The first-order valence-electron chi connectivity index (χ1n) is 6.75. The first-order valence-corrected chi connectivity index (χ1v) is 7.56. The molecular weight excluding hydrogens is 300 g/mol. The number of oxazole rings is 1. The molecule has 0 unspecified atom stereocenters. The summed E-state index contributed by atoms with van der Waals surface area (Å²) in [6.07, 6.45) is 1.59. The van der Waals surface area contributed by atoms with Gasteiger partial charge in [0.25, 0.3) is 0 Å². The lowest BCUT2D eigenvalue weighted by Gasteiger charge is -2.03. The van der Waals surface area contributed by atoms with Crippen LogP contribution in [0.1, 0.15) is 27.1 Å². The number of hydrogen-bond donors (Lipinski definition) is 0. The van der Waals surface area contributed by atoms with E-state index in [1.807, 2.05) is 37.3 Å². The normalized spacial score (nSPS) is 10.6. The molecule has 0 aliphatic rings. The molecule has 0 amide bonds. The average molecular weight is 314 g/mol. The van der Waals surface area contributed by atoms with Gasteiger partial charge in [0.05, 0.1) is 16.1 Å². The fraction of sp³-hybridized carbons (Fsp3) is 0.188. The summed E-state index contributed by atoms with van der Waals surface area (Å²) in [7, 11) is 0. The number of aromatic nitrogens is 2. The number of nitrogens with zero attached hydrogens (tertiary/aromatic N) is 2. The van der Waals surface area contributed by atoms with E-state index in [9.17, 15) is 4.79 Å². The van der Waals surface area contributed by atoms with Crippen LogP contribution < -0.4 is 0 Å². The van der Waals surface area contributed by atoms with Gasteiger partial charge in [-0.25, -0.2) is 14.8 Å². The van der Waals surface area contributed by atoms with Gasteiger partial charge in [0.1, 0.15) is 5.76 Å². The predicted molar refractivity (Wildman–Crippen MR) is 82.6 cm³/mol. The molecular formula is C16H14N2O3S. The fourth-order valence-corrected chi connectivity index (χ4v) is 2.93. The molecule has 0 aliphatic carbocycles. The Labute approximate surface area is 131 Å². The highest BCUT2D eigenvalue weighted by Crippen LogP contribution is 2.30. The van der Waals surface area contributed by atoms with Crippen LogP contribution in [0.3, 0.4) is 0 Å². The molecule has 0 atom stereocenters. The molecule has 0 saturated heterocycles. The van der Waals surface area contributed by atoms with Crippen LogP contribution >= 0.6 is 11.3 Å². The van der Waals surface area contributed by atoms with Crippen LogP contribution in [0.2, 0.25) is 0 Å². The quantitative estimate of drug-likeness (QED) is 0.686. The van der Waals surface area contributed by atoms with Crippen molar-refractivity contribution in [2.45, 2.75) is 20.5 Å². The Kier molecular flexibility index (Phi) is 4.02. The molecule has 0 fully saturated rings. The van der Waals surface area contributed by atoms with Crippen LogP contribution in [-0.4, -0.2) is 15.9 Å². The van der Waals surface area contributed by atoms with Crippen LogP contribution in [0.25, 0.3) is 10.4 Å². The molecule has 0 spiro atoms.